The first kappa shape index (κ1) is 12.7. The van der Waals surface area contributed by atoms with Crippen LogP contribution in [0.1, 0.15) is 12.8 Å². The Labute approximate surface area is 117 Å². The minimum Gasteiger partial charge on any atom is -0.497 e. The van der Waals surface area contributed by atoms with E-state index in [2.05, 4.69) is 15.6 Å². The molecule has 1 aromatic carbocycles. The summed E-state index contributed by atoms with van der Waals surface area (Å²) in [5.74, 6) is 1.54. The zero-order valence-corrected chi connectivity index (χ0v) is 11.3. The zero-order valence-electron chi connectivity index (χ0n) is 11.3. The molecular formula is C15H17N3O2. The van der Waals surface area contributed by atoms with Crippen molar-refractivity contribution < 1.29 is 9.53 Å². The van der Waals surface area contributed by atoms with Crippen LogP contribution < -0.4 is 15.4 Å². The lowest BCUT2D eigenvalue weighted by atomic mass is 10.1. The summed E-state index contributed by atoms with van der Waals surface area (Å²) in [5, 5.41) is 8.15. The molecule has 1 aliphatic rings. The highest BCUT2D eigenvalue weighted by Crippen LogP contribution is 2.26. The van der Waals surface area contributed by atoms with Crippen LogP contribution in [-0.2, 0) is 4.79 Å². The van der Waals surface area contributed by atoms with Gasteiger partial charge in [-0.15, -0.1) is 0 Å². The van der Waals surface area contributed by atoms with Crippen LogP contribution in [0.5, 0.6) is 5.75 Å². The van der Waals surface area contributed by atoms with E-state index in [-0.39, 0.29) is 11.9 Å². The summed E-state index contributed by atoms with van der Waals surface area (Å²) < 4.78 is 5.25. The van der Waals surface area contributed by atoms with Gasteiger partial charge in [0.1, 0.15) is 17.6 Å². The summed E-state index contributed by atoms with van der Waals surface area (Å²) in [6.07, 6.45) is 3.56. The van der Waals surface area contributed by atoms with Gasteiger partial charge in [-0.3, -0.25) is 4.79 Å². The lowest BCUT2D eigenvalue weighted by molar-refractivity contribution is -0.123. The first-order valence-electron chi connectivity index (χ1n) is 6.75. The van der Waals surface area contributed by atoms with Gasteiger partial charge in [0, 0.05) is 18.1 Å². The van der Waals surface area contributed by atoms with Gasteiger partial charge in [-0.2, -0.15) is 0 Å². The Hall–Kier alpha value is -2.30. The fraction of sp³-hybridized carbons (Fsp3) is 0.333. The molecule has 1 amide bonds. The molecule has 1 atom stereocenters. The first-order valence-corrected chi connectivity index (χ1v) is 6.75. The number of hydrogen-bond acceptors (Lipinski definition) is 4. The molecule has 0 spiro atoms. The smallest absolute Gasteiger partial charge is 0.242 e. The maximum Gasteiger partial charge on any atom is 0.242 e. The fourth-order valence-corrected chi connectivity index (χ4v) is 2.46. The number of rotatable bonds is 3. The monoisotopic (exact) mass is 271 g/mol. The summed E-state index contributed by atoms with van der Waals surface area (Å²) in [6, 6.07) is 7.57. The Morgan fingerprint density at radius 2 is 2.30 bits per heavy atom. The average Bonchev–Trinajstić information content (AvgIpc) is 2.49. The molecule has 2 heterocycles. The Balaban J connectivity index is 1.95. The molecule has 104 valence electrons. The van der Waals surface area contributed by atoms with Crippen LogP contribution in [0.4, 0.5) is 5.82 Å². The summed E-state index contributed by atoms with van der Waals surface area (Å²) >= 11 is 0. The van der Waals surface area contributed by atoms with Crippen LogP contribution in [0.15, 0.2) is 30.5 Å². The fourth-order valence-electron chi connectivity index (χ4n) is 2.46. The number of carbonyl (C=O) groups excluding carboxylic acids is 1. The molecule has 5 heteroatoms. The third kappa shape index (κ3) is 2.39. The highest BCUT2D eigenvalue weighted by Gasteiger charge is 2.22. The third-order valence-corrected chi connectivity index (χ3v) is 3.57. The van der Waals surface area contributed by atoms with Gasteiger partial charge < -0.3 is 15.4 Å². The van der Waals surface area contributed by atoms with E-state index in [0.717, 1.165) is 41.7 Å². The molecule has 2 aromatic rings. The number of nitrogens with zero attached hydrogens (tertiary/aromatic N) is 1. The molecule has 1 fully saturated rings. The molecule has 0 aliphatic carbocycles. The topological polar surface area (TPSA) is 63.2 Å². The lowest BCUT2D eigenvalue weighted by Crippen LogP contribution is -2.44. The van der Waals surface area contributed by atoms with Crippen LogP contribution in [0, 0.1) is 0 Å². The van der Waals surface area contributed by atoms with Crippen molar-refractivity contribution in [2.45, 2.75) is 18.9 Å². The van der Waals surface area contributed by atoms with Crippen LogP contribution in [0.3, 0.4) is 0 Å². The van der Waals surface area contributed by atoms with E-state index in [9.17, 15) is 4.79 Å². The third-order valence-electron chi connectivity index (χ3n) is 3.57. The van der Waals surface area contributed by atoms with Gasteiger partial charge in [0.15, 0.2) is 0 Å². The normalized spacial score (nSPS) is 18.6. The molecule has 2 N–H and O–H groups in total. The number of pyridine rings is 1. The minimum absolute atomic E-state index is 0.0398. The summed E-state index contributed by atoms with van der Waals surface area (Å²) in [7, 11) is 1.64. The van der Waals surface area contributed by atoms with Crippen molar-refractivity contribution in [2.75, 3.05) is 19.0 Å². The second-order valence-corrected chi connectivity index (χ2v) is 4.88. The average molecular weight is 271 g/mol. The van der Waals surface area contributed by atoms with Gasteiger partial charge in [-0.25, -0.2) is 4.98 Å². The molecule has 0 bridgehead atoms. The quantitative estimate of drug-likeness (QED) is 0.895. The number of benzene rings is 1. The van der Waals surface area contributed by atoms with Crippen LogP contribution in [0.2, 0.25) is 0 Å². The Morgan fingerprint density at radius 1 is 1.40 bits per heavy atom. The maximum atomic E-state index is 11.8. The largest absolute Gasteiger partial charge is 0.497 e. The molecule has 0 radical (unpaired) electrons. The van der Waals surface area contributed by atoms with Gasteiger partial charge in [0.25, 0.3) is 0 Å². The molecule has 1 saturated heterocycles. The van der Waals surface area contributed by atoms with Crippen molar-refractivity contribution >= 4 is 22.5 Å². The van der Waals surface area contributed by atoms with Gasteiger partial charge in [-0.1, -0.05) is 6.07 Å². The number of fused-ring (bicyclic) bond motifs is 1. The van der Waals surface area contributed by atoms with E-state index in [4.69, 9.17) is 4.74 Å². The molecule has 1 unspecified atom stereocenters. The van der Waals surface area contributed by atoms with Gasteiger partial charge >= 0.3 is 0 Å². The van der Waals surface area contributed by atoms with E-state index < -0.39 is 0 Å². The maximum absolute atomic E-state index is 11.8. The Bertz CT molecular complexity index is 642. The van der Waals surface area contributed by atoms with Crippen molar-refractivity contribution in [3.8, 4) is 5.75 Å². The minimum atomic E-state index is -0.215. The number of methoxy groups -OCH3 is 1. The van der Waals surface area contributed by atoms with E-state index in [1.165, 1.54) is 0 Å². The number of hydrogen-bond donors (Lipinski definition) is 2. The van der Waals surface area contributed by atoms with Crippen LogP contribution in [-0.4, -0.2) is 30.6 Å². The second-order valence-electron chi connectivity index (χ2n) is 4.88. The number of ether oxygens (including phenoxy) is 1. The number of carbonyl (C=O) groups is 1. The van der Waals surface area contributed by atoms with E-state index in [0.29, 0.717) is 0 Å². The number of anilines is 1. The number of piperidine rings is 1. The van der Waals surface area contributed by atoms with Crippen molar-refractivity contribution in [3.63, 3.8) is 0 Å². The second kappa shape index (κ2) is 5.36. The molecule has 1 aromatic heterocycles. The standard InChI is InChI=1S/C15H17N3O2/c1-20-11-5-4-10-6-8-16-14(12(10)9-11)18-13-3-2-7-17-15(13)19/h4-6,8-9,13H,2-3,7H2,1H3,(H,16,18)(H,17,19). The number of aromatic nitrogens is 1. The summed E-state index contributed by atoms with van der Waals surface area (Å²) in [4.78, 5) is 16.2. The molecule has 3 rings (SSSR count). The van der Waals surface area contributed by atoms with Crippen LogP contribution in [0.25, 0.3) is 10.8 Å². The molecule has 5 nitrogen and oxygen atoms in total. The zero-order chi connectivity index (χ0) is 13.9. The van der Waals surface area contributed by atoms with Crippen LogP contribution >= 0.6 is 0 Å². The van der Waals surface area contributed by atoms with Crippen molar-refractivity contribution in [3.05, 3.63) is 30.5 Å². The van der Waals surface area contributed by atoms with E-state index in [1.54, 1.807) is 13.3 Å². The summed E-state index contributed by atoms with van der Waals surface area (Å²) in [6.45, 7) is 0.758. The van der Waals surface area contributed by atoms with Crippen molar-refractivity contribution in [1.29, 1.82) is 0 Å². The molecule has 0 saturated carbocycles. The number of nitrogens with one attached hydrogen (secondary N) is 2. The first-order chi connectivity index (χ1) is 9.78. The van der Waals surface area contributed by atoms with Gasteiger partial charge in [-0.05, 0) is 36.4 Å². The van der Waals surface area contributed by atoms with Crippen molar-refractivity contribution in [2.24, 2.45) is 0 Å². The highest BCUT2D eigenvalue weighted by atomic mass is 16.5. The predicted octanol–water partition coefficient (Wildman–Crippen LogP) is 1.93. The predicted molar refractivity (Wildman–Crippen MR) is 77.9 cm³/mol. The molecule has 1 aliphatic heterocycles. The SMILES string of the molecule is COc1ccc2ccnc(NC3CCCNC3=O)c2c1. The van der Waals surface area contributed by atoms with Crippen molar-refractivity contribution in [1.82, 2.24) is 10.3 Å². The summed E-state index contributed by atoms with van der Waals surface area (Å²) in [5.41, 5.74) is 0. The Morgan fingerprint density at radius 3 is 3.10 bits per heavy atom. The van der Waals surface area contributed by atoms with Gasteiger partial charge in [0.2, 0.25) is 5.91 Å². The molecule has 20 heavy (non-hydrogen) atoms. The van der Waals surface area contributed by atoms with E-state index >= 15 is 0 Å². The lowest BCUT2D eigenvalue weighted by Gasteiger charge is -2.23. The van der Waals surface area contributed by atoms with Gasteiger partial charge in [0.05, 0.1) is 7.11 Å². The van der Waals surface area contributed by atoms with E-state index in [1.807, 2.05) is 24.3 Å². The number of amides is 1. The highest BCUT2D eigenvalue weighted by molar-refractivity contribution is 5.95. The molecular weight excluding hydrogens is 254 g/mol. The Kier molecular flexibility index (Phi) is 3.41.